The molecular weight excluding hydrogens is 539 g/mol. The second-order valence-corrected chi connectivity index (χ2v) is 9.56. The second kappa shape index (κ2) is 10.8. The summed E-state index contributed by atoms with van der Waals surface area (Å²) < 4.78 is 11.3. The van der Waals surface area contributed by atoms with Crippen molar-refractivity contribution in [2.75, 3.05) is 12.0 Å². The monoisotopic (exact) mass is 558 g/mol. The Hall–Kier alpha value is -3.52. The molecule has 0 atom stereocenters. The van der Waals surface area contributed by atoms with E-state index in [0.29, 0.717) is 32.4 Å². The Morgan fingerprint density at radius 2 is 1.70 bits per heavy atom. The first-order valence-electron chi connectivity index (χ1n) is 11.0. The highest BCUT2D eigenvalue weighted by molar-refractivity contribution is 6.39. The van der Waals surface area contributed by atoms with E-state index in [1.54, 1.807) is 43.3 Å². The van der Waals surface area contributed by atoms with Gasteiger partial charge in [0.05, 0.1) is 17.8 Å². The van der Waals surface area contributed by atoms with Crippen LogP contribution in [0.2, 0.25) is 15.1 Å². The van der Waals surface area contributed by atoms with Gasteiger partial charge in [0.15, 0.2) is 11.5 Å². The summed E-state index contributed by atoms with van der Waals surface area (Å²) in [5.74, 6) is -1.04. The molecule has 1 aliphatic rings. The van der Waals surface area contributed by atoms with E-state index in [-0.39, 0.29) is 28.7 Å². The van der Waals surface area contributed by atoms with Gasteiger partial charge in [0.2, 0.25) is 0 Å². The van der Waals surface area contributed by atoms with Crippen LogP contribution in [-0.4, -0.2) is 25.0 Å². The van der Waals surface area contributed by atoms with E-state index in [9.17, 15) is 14.4 Å². The number of barbiturate groups is 1. The number of aryl methyl sites for hydroxylation is 2. The zero-order valence-corrected chi connectivity index (χ0v) is 22.3. The molecule has 0 aliphatic carbocycles. The van der Waals surface area contributed by atoms with E-state index in [1.165, 1.54) is 19.3 Å². The molecular formula is C27H21Cl3N2O5. The number of carbonyl (C=O) groups is 3. The van der Waals surface area contributed by atoms with Crippen LogP contribution in [0.4, 0.5) is 10.5 Å². The van der Waals surface area contributed by atoms with Crippen LogP contribution in [0.15, 0.2) is 54.1 Å². The third-order valence-electron chi connectivity index (χ3n) is 5.64. The number of nitrogens with one attached hydrogen (secondary N) is 1. The van der Waals surface area contributed by atoms with Crippen molar-refractivity contribution in [2.24, 2.45) is 0 Å². The molecule has 3 aromatic carbocycles. The minimum absolute atomic E-state index is 0.0976. The standard InChI is InChI=1S/C27H21Cl3N2O5/c1-14-4-7-22(15(2)8-14)32-26(34)19(25(33)31-27(32)35)9-16-10-21(30)24(23(11-16)36-3)37-13-17-5-6-18(28)12-20(17)29/h4-12H,13H2,1-3H3,(H,31,33,35)/b19-9+. The van der Waals surface area contributed by atoms with Crippen molar-refractivity contribution in [2.45, 2.75) is 20.5 Å². The fourth-order valence-electron chi connectivity index (χ4n) is 3.85. The first-order chi connectivity index (χ1) is 17.6. The molecule has 0 bridgehead atoms. The predicted octanol–water partition coefficient (Wildman–Crippen LogP) is 6.52. The molecule has 4 rings (SSSR count). The van der Waals surface area contributed by atoms with Gasteiger partial charge in [-0.1, -0.05) is 58.6 Å². The van der Waals surface area contributed by atoms with Gasteiger partial charge in [-0.05, 0) is 61.4 Å². The SMILES string of the molecule is COc1cc(/C=C2\C(=O)NC(=O)N(c3ccc(C)cc3C)C2=O)cc(Cl)c1OCc1ccc(Cl)cc1Cl. The van der Waals surface area contributed by atoms with Gasteiger partial charge in [-0.2, -0.15) is 0 Å². The van der Waals surface area contributed by atoms with Crippen LogP contribution in [0.3, 0.4) is 0 Å². The number of ether oxygens (including phenoxy) is 2. The minimum Gasteiger partial charge on any atom is -0.493 e. The number of anilines is 1. The molecule has 190 valence electrons. The Balaban J connectivity index is 1.65. The highest BCUT2D eigenvalue weighted by Crippen LogP contribution is 2.38. The summed E-state index contributed by atoms with van der Waals surface area (Å²) in [6, 6.07) is 12.6. The van der Waals surface area contributed by atoms with Crippen molar-refractivity contribution < 1.29 is 23.9 Å². The van der Waals surface area contributed by atoms with E-state index in [4.69, 9.17) is 44.3 Å². The van der Waals surface area contributed by atoms with Crippen LogP contribution in [-0.2, 0) is 16.2 Å². The lowest BCUT2D eigenvalue weighted by atomic mass is 10.0. The third-order valence-corrected chi connectivity index (χ3v) is 6.51. The Morgan fingerprint density at radius 3 is 2.38 bits per heavy atom. The van der Waals surface area contributed by atoms with Gasteiger partial charge in [-0.25, -0.2) is 9.69 Å². The van der Waals surface area contributed by atoms with E-state index < -0.39 is 17.8 Å². The molecule has 10 heteroatoms. The van der Waals surface area contributed by atoms with Crippen LogP contribution in [0.5, 0.6) is 11.5 Å². The number of imide groups is 2. The summed E-state index contributed by atoms with van der Waals surface area (Å²) in [4.78, 5) is 39.4. The lowest BCUT2D eigenvalue weighted by Gasteiger charge is -2.27. The fourth-order valence-corrected chi connectivity index (χ4v) is 4.59. The summed E-state index contributed by atoms with van der Waals surface area (Å²) in [5.41, 5.74) is 2.92. The summed E-state index contributed by atoms with van der Waals surface area (Å²) in [7, 11) is 1.43. The summed E-state index contributed by atoms with van der Waals surface area (Å²) >= 11 is 18.6. The zero-order valence-electron chi connectivity index (χ0n) is 20.0. The molecule has 0 saturated carbocycles. The van der Waals surface area contributed by atoms with Crippen molar-refractivity contribution >= 4 is 64.4 Å². The summed E-state index contributed by atoms with van der Waals surface area (Å²) in [5, 5.41) is 3.34. The van der Waals surface area contributed by atoms with Gasteiger partial charge in [0.1, 0.15) is 12.2 Å². The molecule has 3 aromatic rings. The first kappa shape index (κ1) is 26.5. The van der Waals surface area contributed by atoms with Crippen LogP contribution in [0.1, 0.15) is 22.3 Å². The van der Waals surface area contributed by atoms with Crippen molar-refractivity contribution in [3.63, 3.8) is 0 Å². The number of hydrogen-bond acceptors (Lipinski definition) is 5. The molecule has 1 heterocycles. The van der Waals surface area contributed by atoms with Crippen molar-refractivity contribution in [1.29, 1.82) is 0 Å². The van der Waals surface area contributed by atoms with Gasteiger partial charge in [0.25, 0.3) is 11.8 Å². The zero-order chi connectivity index (χ0) is 26.9. The van der Waals surface area contributed by atoms with Crippen LogP contribution in [0, 0.1) is 13.8 Å². The second-order valence-electron chi connectivity index (χ2n) is 8.31. The molecule has 0 spiro atoms. The van der Waals surface area contributed by atoms with Gasteiger partial charge in [0, 0.05) is 15.6 Å². The van der Waals surface area contributed by atoms with E-state index in [0.717, 1.165) is 10.5 Å². The summed E-state index contributed by atoms with van der Waals surface area (Å²) in [6.45, 7) is 3.78. The Bertz CT molecular complexity index is 1470. The number of nitrogens with zero attached hydrogens (tertiary/aromatic N) is 1. The minimum atomic E-state index is -0.820. The molecule has 0 radical (unpaired) electrons. The molecule has 7 nitrogen and oxygen atoms in total. The number of rotatable bonds is 6. The van der Waals surface area contributed by atoms with Gasteiger partial charge >= 0.3 is 6.03 Å². The molecule has 0 aromatic heterocycles. The molecule has 37 heavy (non-hydrogen) atoms. The van der Waals surface area contributed by atoms with Gasteiger partial charge < -0.3 is 9.47 Å². The third kappa shape index (κ3) is 5.59. The van der Waals surface area contributed by atoms with Crippen LogP contribution < -0.4 is 19.7 Å². The number of halogens is 3. The summed E-state index contributed by atoms with van der Waals surface area (Å²) in [6.07, 6.45) is 1.34. The number of amides is 4. The van der Waals surface area contributed by atoms with Crippen LogP contribution in [0.25, 0.3) is 6.08 Å². The molecule has 1 saturated heterocycles. The number of urea groups is 1. The predicted molar refractivity (Wildman–Crippen MR) is 144 cm³/mol. The lowest BCUT2D eigenvalue weighted by Crippen LogP contribution is -2.54. The van der Waals surface area contributed by atoms with Gasteiger partial charge in [-0.3, -0.25) is 14.9 Å². The average molecular weight is 560 g/mol. The Labute approximate surface area is 228 Å². The Morgan fingerprint density at radius 1 is 0.946 bits per heavy atom. The molecule has 1 N–H and O–H groups in total. The van der Waals surface area contributed by atoms with E-state index in [1.807, 2.05) is 13.0 Å². The van der Waals surface area contributed by atoms with Crippen LogP contribution >= 0.6 is 34.8 Å². The molecule has 4 amide bonds. The van der Waals surface area contributed by atoms with Gasteiger partial charge in [-0.15, -0.1) is 0 Å². The van der Waals surface area contributed by atoms with Crippen molar-refractivity contribution in [3.8, 4) is 11.5 Å². The average Bonchev–Trinajstić information content (AvgIpc) is 2.83. The quantitative estimate of drug-likeness (QED) is 0.275. The Kier molecular flexibility index (Phi) is 7.78. The normalized spacial score (nSPS) is 14.7. The molecule has 1 aliphatic heterocycles. The topological polar surface area (TPSA) is 84.9 Å². The highest BCUT2D eigenvalue weighted by atomic mass is 35.5. The van der Waals surface area contributed by atoms with E-state index >= 15 is 0 Å². The molecule has 1 fully saturated rings. The maximum atomic E-state index is 13.3. The van der Waals surface area contributed by atoms with Crippen molar-refractivity contribution in [1.82, 2.24) is 5.32 Å². The largest absolute Gasteiger partial charge is 0.493 e. The van der Waals surface area contributed by atoms with E-state index in [2.05, 4.69) is 5.32 Å². The smallest absolute Gasteiger partial charge is 0.335 e. The number of methoxy groups -OCH3 is 1. The maximum Gasteiger partial charge on any atom is 0.335 e. The molecule has 0 unspecified atom stereocenters. The number of carbonyl (C=O) groups excluding carboxylic acids is 3. The van der Waals surface area contributed by atoms with Crippen molar-refractivity contribution in [3.05, 3.63) is 91.4 Å². The lowest BCUT2D eigenvalue weighted by molar-refractivity contribution is -0.122. The maximum absolute atomic E-state index is 13.3. The highest BCUT2D eigenvalue weighted by Gasteiger charge is 2.37. The number of hydrogen-bond donors (Lipinski definition) is 1. The number of benzene rings is 3. The first-order valence-corrected chi connectivity index (χ1v) is 12.2. The fraction of sp³-hybridized carbons (Fsp3) is 0.148.